The molecule has 0 aromatic heterocycles. The molecule has 0 aromatic rings. The van der Waals surface area contributed by atoms with E-state index in [0.717, 1.165) is 0 Å². The molecule has 0 radical (unpaired) electrons. The van der Waals surface area contributed by atoms with Gasteiger partial charge in [-0.25, -0.2) is 0 Å². The van der Waals surface area contributed by atoms with Crippen molar-refractivity contribution >= 4 is 5.97 Å². The van der Waals surface area contributed by atoms with Gasteiger partial charge in [0.1, 0.15) is 214 Å². The van der Waals surface area contributed by atoms with E-state index in [9.17, 15) is 153 Å². The van der Waals surface area contributed by atoms with Crippen molar-refractivity contribution in [1.29, 1.82) is 0 Å². The number of fused-ring (bicyclic) bond motifs is 3. The van der Waals surface area contributed by atoms with Crippen LogP contribution in [0.4, 0.5) is 0 Å². The fourth-order valence-corrected chi connectivity index (χ4v) is 20.9. The van der Waals surface area contributed by atoms with Crippen molar-refractivity contribution < 1.29 is 243 Å². The monoisotopic (exact) mass is 1790 g/mol. The zero-order valence-corrected chi connectivity index (χ0v) is 66.6. The van der Waals surface area contributed by atoms with E-state index in [4.69, 9.17) is 85.3 Å². The van der Waals surface area contributed by atoms with E-state index in [2.05, 4.69) is 6.58 Å². The van der Waals surface area contributed by atoms with Crippen molar-refractivity contribution in [2.75, 3.05) is 59.5 Å². The number of carbonyl (C=O) groups excluding carboxylic acids is 1. The van der Waals surface area contributed by atoms with Crippen molar-refractivity contribution in [3.8, 4) is 0 Å². The zero-order valence-electron chi connectivity index (χ0n) is 66.6. The third kappa shape index (κ3) is 17.7. The van der Waals surface area contributed by atoms with Crippen LogP contribution in [0.3, 0.4) is 0 Å². The van der Waals surface area contributed by atoms with Crippen LogP contribution in [0.1, 0.15) is 65.2 Å². The highest BCUT2D eigenvalue weighted by Crippen LogP contribution is 2.74. The molecule has 4 saturated carbocycles. The normalized spacial score (nSPS) is 54.7. The van der Waals surface area contributed by atoms with Gasteiger partial charge in [0, 0.05) is 5.41 Å². The molecular weight excluding hydrogens is 1670 g/mol. The first kappa shape index (κ1) is 97.8. The predicted octanol–water partition coefficient (Wildman–Crippen LogP) is -17.0. The Bertz CT molecular complexity index is 3430. The van der Waals surface area contributed by atoms with E-state index < -0.39 is 382 Å². The van der Waals surface area contributed by atoms with Crippen LogP contribution in [0.2, 0.25) is 0 Å². The van der Waals surface area contributed by atoms with Crippen molar-refractivity contribution in [3.63, 3.8) is 0 Å². The summed E-state index contributed by atoms with van der Waals surface area (Å²) in [5.74, 6) is -2.38. The molecular formula is C74H120O49. The first-order valence-corrected chi connectivity index (χ1v) is 41.1. The summed E-state index contributed by atoms with van der Waals surface area (Å²) in [5.41, 5.74) is -5.41. The second kappa shape index (κ2) is 39.2. The third-order valence-corrected chi connectivity index (χ3v) is 27.8. The maximum Gasteiger partial charge on any atom is 0.314 e. The van der Waals surface area contributed by atoms with E-state index >= 15 is 4.79 Å². The van der Waals surface area contributed by atoms with Crippen molar-refractivity contribution in [3.05, 3.63) is 12.2 Å². The highest BCUT2D eigenvalue weighted by molar-refractivity contribution is 5.77. The molecule has 1 spiro atoms. The van der Waals surface area contributed by atoms with Gasteiger partial charge in [0.15, 0.2) is 56.4 Å². The average molecular weight is 1790 g/mol. The minimum Gasteiger partial charge on any atom is -0.432 e. The fourth-order valence-electron chi connectivity index (χ4n) is 20.9. The molecule has 13 rings (SSSR count). The quantitative estimate of drug-likeness (QED) is 0.0206. The standard InChI is InChI=1S/C74H120O49/c1-21-60(104)73-9-5-31-71(2,32(73)6-10-74(21,20-73)123-69-59(121-65-51(102)46(97)37(88)26(15-79)110-65)56(41(92)30(19-83)114-69)118-63-49(100)44(95)35(86)24(13-77)108-63)7-4-8-72(31,3)70(105)122-68-58(55(40(91)29(18-82)113-68)117-62-48(99)43(94)34(85)23(12-76)107-62)120-66-52(103)53(38(89)27(16-80)111-66)115-67-57(119-64-50(101)45(96)36(87)25(14-78)109-64)54(39(90)28(17-81)112-67)116-61-47(98)42(93)33(84)22(11-75)106-61/h22-69,75-104H,1,4-20H2,2-3H3/t22?,23?,24?,25?,26?,27?,28?,29?,30?,31-,32-,33?,34?,35?,36?,37?,38?,39?,40?,41?,42?,43?,44?,45?,46?,47?,48?,49?,50?,51?,52?,53?,54?,55?,56?,57?,58?,59?,60-,61?,62?,63?,64?,65?,66?,67?,68?,69?,71+,72+,73+,74?/m0/s1. The average Bonchev–Trinajstić information content (AvgIpc) is 1.53. The summed E-state index contributed by atoms with van der Waals surface area (Å²) in [6, 6.07) is 0. The van der Waals surface area contributed by atoms with Gasteiger partial charge in [-0.05, 0) is 74.7 Å². The Morgan fingerprint density at radius 2 is 0.585 bits per heavy atom. The second-order valence-electron chi connectivity index (χ2n) is 34.9. The van der Waals surface area contributed by atoms with E-state index in [1.54, 1.807) is 6.92 Å². The van der Waals surface area contributed by atoms with Crippen LogP contribution in [-0.4, -0.2) is 507 Å². The van der Waals surface area contributed by atoms with Crippen LogP contribution in [0, 0.1) is 28.1 Å². The summed E-state index contributed by atoms with van der Waals surface area (Å²) in [4.78, 5) is 16.0. The van der Waals surface area contributed by atoms with E-state index in [1.165, 1.54) is 0 Å². The lowest BCUT2D eigenvalue weighted by Crippen LogP contribution is -2.69. The molecule has 9 saturated heterocycles. The number of aliphatic hydroxyl groups is 30. The second-order valence-corrected chi connectivity index (χ2v) is 34.9. The molecule has 0 amide bonds. The molecule has 13 fully saturated rings. The summed E-state index contributed by atoms with van der Waals surface area (Å²) in [6.45, 7) is -1.66. The molecule has 52 atom stereocenters. The van der Waals surface area contributed by atoms with E-state index in [-0.39, 0.29) is 50.5 Å². The lowest BCUT2D eigenvalue weighted by molar-refractivity contribution is -0.413. The smallest absolute Gasteiger partial charge is 0.314 e. The lowest BCUT2D eigenvalue weighted by Gasteiger charge is -2.64. The van der Waals surface area contributed by atoms with Crippen molar-refractivity contribution in [2.45, 2.75) is 353 Å². The first-order chi connectivity index (χ1) is 58.3. The fraction of sp³-hybridized carbons (Fsp3) is 0.959. The Labute approximate surface area is 700 Å². The van der Waals surface area contributed by atoms with Crippen LogP contribution >= 0.6 is 0 Å². The highest BCUT2D eigenvalue weighted by atomic mass is 16.8. The number of hydrogen-bond donors (Lipinski definition) is 30. The summed E-state index contributed by atoms with van der Waals surface area (Å²) in [6.07, 6.45) is -94.4. The summed E-state index contributed by atoms with van der Waals surface area (Å²) in [7, 11) is 0. The molecule has 49 heteroatoms. The number of rotatable bonds is 27. The van der Waals surface area contributed by atoms with E-state index in [0.29, 0.717) is 6.42 Å². The van der Waals surface area contributed by atoms with Gasteiger partial charge < -0.3 is 238 Å². The number of ether oxygens (including phenoxy) is 18. The minimum absolute atomic E-state index is 0.0300. The van der Waals surface area contributed by atoms with Gasteiger partial charge in [-0.2, -0.15) is 0 Å². The summed E-state index contributed by atoms with van der Waals surface area (Å²) < 4.78 is 110. The molecule has 0 aromatic carbocycles. The Balaban J connectivity index is 0.803. The van der Waals surface area contributed by atoms with E-state index in [1.807, 2.05) is 6.92 Å². The molecule has 13 aliphatic rings. The summed E-state index contributed by atoms with van der Waals surface area (Å²) in [5, 5.41) is 333. The molecule has 9 heterocycles. The first-order valence-electron chi connectivity index (χ1n) is 41.1. The van der Waals surface area contributed by atoms with Crippen molar-refractivity contribution in [1.82, 2.24) is 0 Å². The van der Waals surface area contributed by atoms with Gasteiger partial charge in [-0.15, -0.1) is 0 Å². The van der Waals surface area contributed by atoms with Gasteiger partial charge >= 0.3 is 5.97 Å². The minimum atomic E-state index is -2.56. The molecule has 710 valence electrons. The molecule has 2 bridgehead atoms. The van der Waals surface area contributed by atoms with Crippen LogP contribution < -0.4 is 0 Å². The molecule has 9 aliphatic heterocycles. The van der Waals surface area contributed by atoms with Gasteiger partial charge in [0.2, 0.25) is 6.29 Å². The molecule has 49 nitrogen and oxygen atoms in total. The Hall–Kier alpha value is -2.67. The molecule has 46 unspecified atom stereocenters. The van der Waals surface area contributed by atoms with Crippen LogP contribution in [0.25, 0.3) is 0 Å². The van der Waals surface area contributed by atoms with Gasteiger partial charge in [-0.3, -0.25) is 4.79 Å². The topological polar surface area (TPSA) is 790 Å². The maximum atomic E-state index is 16.0. The highest BCUT2D eigenvalue weighted by Gasteiger charge is 2.73. The molecule has 30 N–H and O–H groups in total. The lowest BCUT2D eigenvalue weighted by atomic mass is 9.40. The SMILES string of the molecule is C=C1[C@H](O)[C@@]23CC[C@H]4[C@@](C)(CCC[C@@]4(C)C(=O)OC4OC(CO)C(O)C(OC5OC(CO)C(O)C(O)C5O)C4OC4OC(CO)C(O)C(OC5OC(CO)C(O)C(OC6OC(CO)C(O)C(O)C6O)C5OC5OC(CO)C(O)C(O)C5O)C4O)[C@@H]2CCC1(OC1OC(CO)C(O)C(OC2OC(CO)C(O)C(O)C2O)C1OC1OC(CO)C(O)C(O)C1O)C3. The van der Waals surface area contributed by atoms with Gasteiger partial charge in [-0.1, -0.05) is 19.9 Å². The number of esters is 1. The predicted molar refractivity (Wildman–Crippen MR) is 384 cm³/mol. The Kier molecular flexibility index (Phi) is 31.2. The number of carbonyl (C=O) groups is 1. The maximum absolute atomic E-state index is 16.0. The molecule has 123 heavy (non-hydrogen) atoms. The number of hydrogen-bond acceptors (Lipinski definition) is 49. The van der Waals surface area contributed by atoms with Crippen LogP contribution in [-0.2, 0) is 90.1 Å². The zero-order chi connectivity index (χ0) is 89.6. The number of aliphatic hydroxyl groups excluding tert-OH is 30. The summed E-state index contributed by atoms with van der Waals surface area (Å²) >= 11 is 0. The van der Waals surface area contributed by atoms with Gasteiger partial charge in [0.25, 0.3) is 0 Å². The van der Waals surface area contributed by atoms with Crippen LogP contribution in [0.15, 0.2) is 12.2 Å². The van der Waals surface area contributed by atoms with Crippen molar-refractivity contribution in [2.24, 2.45) is 28.1 Å². The Morgan fingerprint density at radius 3 is 0.943 bits per heavy atom. The third-order valence-electron chi connectivity index (χ3n) is 27.8. The largest absolute Gasteiger partial charge is 0.432 e. The van der Waals surface area contributed by atoms with Crippen LogP contribution in [0.5, 0.6) is 0 Å². The Morgan fingerprint density at radius 1 is 0.309 bits per heavy atom. The molecule has 4 aliphatic carbocycles. The van der Waals surface area contributed by atoms with Gasteiger partial charge in [0.05, 0.1) is 76.6 Å².